The van der Waals surface area contributed by atoms with Gasteiger partial charge < -0.3 is 25.4 Å². The Morgan fingerprint density at radius 1 is 1.00 bits per heavy atom. The second-order valence-corrected chi connectivity index (χ2v) is 8.50. The summed E-state index contributed by atoms with van der Waals surface area (Å²) in [4.78, 5) is 37.9. The molecule has 176 valence electrons. The zero-order valence-electron chi connectivity index (χ0n) is 19.2. The van der Waals surface area contributed by atoms with E-state index < -0.39 is 30.1 Å². The summed E-state index contributed by atoms with van der Waals surface area (Å²) in [5.74, 6) is -1.58. The van der Waals surface area contributed by atoms with Crippen LogP contribution in [-0.4, -0.2) is 67.3 Å². The first-order valence-electron chi connectivity index (χ1n) is 11.1. The van der Waals surface area contributed by atoms with Gasteiger partial charge in [0.1, 0.15) is 12.6 Å². The first-order chi connectivity index (χ1) is 15.8. The quantitative estimate of drug-likeness (QED) is 0.511. The van der Waals surface area contributed by atoms with E-state index in [9.17, 15) is 19.5 Å². The Bertz CT molecular complexity index is 962. The SMILES string of the molecule is CCC(CC(=O)N[C@@H](CN(C)C)C(=O)O)NC(=O)OCC1c2ccccc2-c2ccccc21. The van der Waals surface area contributed by atoms with E-state index >= 15 is 0 Å². The summed E-state index contributed by atoms with van der Waals surface area (Å²) in [6.07, 6.45) is -0.124. The maximum atomic E-state index is 12.5. The van der Waals surface area contributed by atoms with Gasteiger partial charge in [-0.2, -0.15) is 0 Å². The number of amides is 2. The fourth-order valence-corrected chi connectivity index (χ4v) is 4.13. The van der Waals surface area contributed by atoms with Crippen LogP contribution in [0.5, 0.6) is 0 Å². The van der Waals surface area contributed by atoms with E-state index in [4.69, 9.17) is 4.74 Å². The molecule has 0 aliphatic heterocycles. The highest BCUT2D eigenvalue weighted by atomic mass is 16.5. The minimum atomic E-state index is -1.10. The molecule has 0 aromatic heterocycles. The zero-order chi connectivity index (χ0) is 24.0. The molecule has 0 heterocycles. The van der Waals surface area contributed by atoms with Crippen molar-refractivity contribution in [1.82, 2.24) is 15.5 Å². The average molecular weight is 454 g/mol. The van der Waals surface area contributed by atoms with Crippen LogP contribution in [0.1, 0.15) is 36.8 Å². The van der Waals surface area contributed by atoms with Crippen LogP contribution in [0, 0.1) is 0 Å². The van der Waals surface area contributed by atoms with Crippen LogP contribution in [0.2, 0.25) is 0 Å². The molecule has 0 saturated heterocycles. The smallest absolute Gasteiger partial charge is 0.407 e. The lowest BCUT2D eigenvalue weighted by atomic mass is 9.98. The van der Waals surface area contributed by atoms with Gasteiger partial charge in [0, 0.05) is 24.9 Å². The molecule has 1 unspecified atom stereocenters. The molecule has 3 N–H and O–H groups in total. The number of carbonyl (C=O) groups is 3. The van der Waals surface area contributed by atoms with Gasteiger partial charge in [0.05, 0.1) is 0 Å². The number of fused-ring (bicyclic) bond motifs is 3. The van der Waals surface area contributed by atoms with E-state index in [1.54, 1.807) is 19.0 Å². The molecule has 2 amide bonds. The van der Waals surface area contributed by atoms with Gasteiger partial charge in [0.15, 0.2) is 0 Å². The maximum Gasteiger partial charge on any atom is 0.407 e. The van der Waals surface area contributed by atoms with E-state index in [1.165, 1.54) is 0 Å². The standard InChI is InChI=1S/C25H31N3O5/c1-4-16(13-23(29)27-22(24(30)31)14-28(2)3)26-25(32)33-15-21-19-11-7-5-9-17(19)18-10-6-8-12-20(18)21/h5-12,16,21-22H,4,13-15H2,1-3H3,(H,26,32)(H,27,29)(H,30,31)/t16?,22-/m0/s1. The van der Waals surface area contributed by atoms with Crippen LogP contribution < -0.4 is 10.6 Å². The number of ether oxygens (including phenoxy) is 1. The summed E-state index contributed by atoms with van der Waals surface area (Å²) in [6.45, 7) is 2.21. The molecule has 33 heavy (non-hydrogen) atoms. The predicted molar refractivity (Wildman–Crippen MR) is 125 cm³/mol. The van der Waals surface area contributed by atoms with Gasteiger partial charge in [-0.1, -0.05) is 55.5 Å². The largest absolute Gasteiger partial charge is 0.480 e. The second-order valence-electron chi connectivity index (χ2n) is 8.50. The van der Waals surface area contributed by atoms with Gasteiger partial charge in [-0.25, -0.2) is 9.59 Å². The van der Waals surface area contributed by atoms with Gasteiger partial charge in [-0.05, 0) is 42.8 Å². The molecule has 2 aromatic carbocycles. The highest BCUT2D eigenvalue weighted by Gasteiger charge is 2.29. The minimum absolute atomic E-state index is 0.0299. The minimum Gasteiger partial charge on any atom is -0.480 e. The maximum absolute atomic E-state index is 12.5. The van der Waals surface area contributed by atoms with Crippen LogP contribution in [0.25, 0.3) is 11.1 Å². The molecular formula is C25H31N3O5. The number of alkyl carbamates (subject to hydrolysis) is 1. The molecule has 0 fully saturated rings. The van der Waals surface area contributed by atoms with Crippen molar-refractivity contribution in [3.63, 3.8) is 0 Å². The van der Waals surface area contributed by atoms with Crippen LogP contribution in [0.4, 0.5) is 4.79 Å². The summed E-state index contributed by atoms with van der Waals surface area (Å²) in [5, 5.41) is 14.5. The Morgan fingerprint density at radius 2 is 1.58 bits per heavy atom. The number of carbonyl (C=O) groups excluding carboxylic acids is 2. The Labute approximate surface area is 193 Å². The van der Waals surface area contributed by atoms with Crippen molar-refractivity contribution in [2.45, 2.75) is 37.8 Å². The Balaban J connectivity index is 1.55. The van der Waals surface area contributed by atoms with E-state index in [0.717, 1.165) is 22.3 Å². The predicted octanol–water partition coefficient (Wildman–Crippen LogP) is 2.82. The first kappa shape index (κ1) is 24.3. The molecule has 0 spiro atoms. The zero-order valence-corrected chi connectivity index (χ0v) is 19.2. The second kappa shape index (κ2) is 11.0. The summed E-state index contributed by atoms with van der Waals surface area (Å²) in [7, 11) is 3.46. The van der Waals surface area contributed by atoms with E-state index in [1.807, 2.05) is 43.3 Å². The molecule has 2 aromatic rings. The Kier molecular flexibility index (Phi) is 8.06. The molecule has 8 heteroatoms. The normalized spacial score (nSPS) is 14.2. The fraction of sp³-hybridized carbons (Fsp3) is 0.400. The number of benzene rings is 2. The van der Waals surface area contributed by atoms with Gasteiger partial charge in [-0.3, -0.25) is 4.79 Å². The van der Waals surface area contributed by atoms with E-state index in [0.29, 0.717) is 6.42 Å². The van der Waals surface area contributed by atoms with Crippen molar-refractivity contribution in [3.8, 4) is 11.1 Å². The average Bonchev–Trinajstić information content (AvgIpc) is 3.10. The van der Waals surface area contributed by atoms with Gasteiger partial charge in [-0.15, -0.1) is 0 Å². The van der Waals surface area contributed by atoms with Crippen LogP contribution >= 0.6 is 0 Å². The molecule has 0 radical (unpaired) electrons. The molecule has 8 nitrogen and oxygen atoms in total. The number of rotatable bonds is 10. The number of carboxylic acids is 1. The van der Waals surface area contributed by atoms with E-state index in [2.05, 4.69) is 22.8 Å². The van der Waals surface area contributed by atoms with Gasteiger partial charge in [0.25, 0.3) is 0 Å². The number of carboxylic acid groups (broad SMARTS) is 1. The number of aliphatic carboxylic acids is 1. The Morgan fingerprint density at radius 3 is 2.09 bits per heavy atom. The molecule has 0 saturated carbocycles. The molecular weight excluding hydrogens is 422 g/mol. The number of hydrogen-bond donors (Lipinski definition) is 3. The third-order valence-electron chi connectivity index (χ3n) is 5.77. The lowest BCUT2D eigenvalue weighted by molar-refractivity contribution is -0.142. The van der Waals surface area contributed by atoms with Crippen molar-refractivity contribution in [1.29, 1.82) is 0 Å². The molecule has 1 aliphatic rings. The third kappa shape index (κ3) is 6.10. The number of likely N-dealkylation sites (N-methyl/N-ethyl adjacent to an activating group) is 1. The summed E-state index contributed by atoms with van der Waals surface area (Å²) in [5.41, 5.74) is 4.55. The molecule has 0 bridgehead atoms. The molecule has 2 atom stereocenters. The van der Waals surface area contributed by atoms with Crippen molar-refractivity contribution in [2.75, 3.05) is 27.2 Å². The lowest BCUT2D eigenvalue weighted by Gasteiger charge is -2.21. The van der Waals surface area contributed by atoms with Crippen LogP contribution in [-0.2, 0) is 14.3 Å². The third-order valence-corrected chi connectivity index (χ3v) is 5.77. The van der Waals surface area contributed by atoms with Crippen molar-refractivity contribution >= 4 is 18.0 Å². The summed E-state index contributed by atoms with van der Waals surface area (Å²) in [6, 6.07) is 14.7. The van der Waals surface area contributed by atoms with E-state index in [-0.39, 0.29) is 25.5 Å². The van der Waals surface area contributed by atoms with Crippen LogP contribution in [0.3, 0.4) is 0 Å². The summed E-state index contributed by atoms with van der Waals surface area (Å²) < 4.78 is 5.54. The monoisotopic (exact) mass is 453 g/mol. The van der Waals surface area contributed by atoms with Gasteiger partial charge in [0.2, 0.25) is 5.91 Å². The van der Waals surface area contributed by atoms with Crippen molar-refractivity contribution in [3.05, 3.63) is 59.7 Å². The van der Waals surface area contributed by atoms with Crippen molar-refractivity contribution < 1.29 is 24.2 Å². The highest BCUT2D eigenvalue weighted by molar-refractivity contribution is 5.84. The highest BCUT2D eigenvalue weighted by Crippen LogP contribution is 2.44. The molecule has 1 aliphatic carbocycles. The molecule has 3 rings (SSSR count). The lowest BCUT2D eigenvalue weighted by Crippen LogP contribution is -2.48. The fourth-order valence-electron chi connectivity index (χ4n) is 4.13. The number of nitrogens with one attached hydrogen (secondary N) is 2. The van der Waals surface area contributed by atoms with Crippen molar-refractivity contribution in [2.24, 2.45) is 0 Å². The number of nitrogens with zero attached hydrogens (tertiary/aromatic N) is 1. The van der Waals surface area contributed by atoms with Crippen LogP contribution in [0.15, 0.2) is 48.5 Å². The first-order valence-corrected chi connectivity index (χ1v) is 11.1. The Hall–Kier alpha value is -3.39. The van der Waals surface area contributed by atoms with Gasteiger partial charge >= 0.3 is 12.1 Å². The number of hydrogen-bond acceptors (Lipinski definition) is 5. The summed E-state index contributed by atoms with van der Waals surface area (Å²) >= 11 is 0. The topological polar surface area (TPSA) is 108 Å².